The third-order valence-corrected chi connectivity index (χ3v) is 5.98. The first-order chi connectivity index (χ1) is 14.6. The van der Waals surface area contributed by atoms with Gasteiger partial charge in [0, 0.05) is 39.3 Å². The van der Waals surface area contributed by atoms with Crippen molar-refractivity contribution in [2.75, 3.05) is 34.7 Å². The quantitative estimate of drug-likeness (QED) is 0.765. The van der Waals surface area contributed by atoms with Crippen LogP contribution in [0.4, 0.5) is 0 Å². The van der Waals surface area contributed by atoms with Crippen LogP contribution in [0.2, 0.25) is 0 Å². The summed E-state index contributed by atoms with van der Waals surface area (Å²) in [5.74, 6) is -1.26. The number of benzene rings is 2. The summed E-state index contributed by atoms with van der Waals surface area (Å²) in [5.41, 5.74) is 8.55. The molecule has 0 aliphatic heterocycles. The predicted molar refractivity (Wildman–Crippen MR) is 118 cm³/mol. The standard InChI is InChI=1S/C24H29N3O4/c1-26(2)21(28)17-7-9-19-15(13-17)5-6-16-14-18(22(29)27(3)4)8-10-20(16)24(19,11-12-25)23(30)31/h7-10,13-14H,5-6,11-12,25H2,1-4H3,(H,30,31). The molecule has 0 saturated heterocycles. The van der Waals surface area contributed by atoms with E-state index in [2.05, 4.69) is 0 Å². The molecule has 0 radical (unpaired) electrons. The van der Waals surface area contributed by atoms with Gasteiger partial charge >= 0.3 is 5.97 Å². The Balaban J connectivity index is 2.25. The van der Waals surface area contributed by atoms with E-state index in [1.807, 2.05) is 0 Å². The lowest BCUT2D eigenvalue weighted by molar-refractivity contribution is -0.142. The lowest BCUT2D eigenvalue weighted by Crippen LogP contribution is -2.40. The number of nitrogens with two attached hydrogens (primary N) is 1. The van der Waals surface area contributed by atoms with Gasteiger partial charge in [-0.25, -0.2) is 0 Å². The van der Waals surface area contributed by atoms with Crippen molar-refractivity contribution in [3.8, 4) is 0 Å². The summed E-state index contributed by atoms with van der Waals surface area (Å²) >= 11 is 0. The Kier molecular flexibility index (Phi) is 6.18. The molecule has 31 heavy (non-hydrogen) atoms. The van der Waals surface area contributed by atoms with Gasteiger partial charge in [0.15, 0.2) is 0 Å². The Morgan fingerprint density at radius 1 is 0.871 bits per heavy atom. The zero-order valence-electron chi connectivity index (χ0n) is 18.4. The average molecular weight is 424 g/mol. The zero-order chi connectivity index (χ0) is 22.9. The van der Waals surface area contributed by atoms with E-state index < -0.39 is 11.4 Å². The Hall–Kier alpha value is -3.19. The number of hydrogen-bond acceptors (Lipinski definition) is 4. The van der Waals surface area contributed by atoms with Gasteiger partial charge in [-0.15, -0.1) is 0 Å². The summed E-state index contributed by atoms with van der Waals surface area (Å²) in [4.78, 5) is 40.8. The van der Waals surface area contributed by atoms with Crippen molar-refractivity contribution in [2.45, 2.75) is 24.7 Å². The van der Waals surface area contributed by atoms with Crippen molar-refractivity contribution < 1.29 is 19.5 Å². The van der Waals surface area contributed by atoms with Crippen LogP contribution in [-0.2, 0) is 23.1 Å². The van der Waals surface area contributed by atoms with E-state index in [-0.39, 0.29) is 24.8 Å². The van der Waals surface area contributed by atoms with E-state index in [1.54, 1.807) is 64.6 Å². The van der Waals surface area contributed by atoms with Crippen LogP contribution >= 0.6 is 0 Å². The Bertz CT molecular complexity index is 972. The van der Waals surface area contributed by atoms with Crippen LogP contribution in [0.5, 0.6) is 0 Å². The molecule has 2 aromatic rings. The van der Waals surface area contributed by atoms with E-state index in [0.29, 0.717) is 35.1 Å². The third kappa shape index (κ3) is 3.81. The molecule has 0 atom stereocenters. The molecule has 7 nitrogen and oxygen atoms in total. The average Bonchev–Trinajstić information content (AvgIpc) is 2.87. The number of aliphatic carboxylic acids is 1. The highest BCUT2D eigenvalue weighted by Crippen LogP contribution is 2.43. The molecule has 3 N–H and O–H groups in total. The molecule has 2 amide bonds. The monoisotopic (exact) mass is 423 g/mol. The summed E-state index contributed by atoms with van der Waals surface area (Å²) in [5, 5.41) is 10.5. The molecule has 3 rings (SSSR count). The van der Waals surface area contributed by atoms with Crippen LogP contribution in [0.15, 0.2) is 36.4 Å². The van der Waals surface area contributed by atoms with Crippen LogP contribution in [0.25, 0.3) is 0 Å². The van der Waals surface area contributed by atoms with E-state index in [9.17, 15) is 19.5 Å². The minimum atomic E-state index is -1.34. The maximum Gasteiger partial charge on any atom is 0.318 e. The van der Waals surface area contributed by atoms with E-state index >= 15 is 0 Å². The molecule has 164 valence electrons. The Labute approximate surface area is 182 Å². The van der Waals surface area contributed by atoms with Crippen LogP contribution in [0.3, 0.4) is 0 Å². The lowest BCUT2D eigenvalue weighted by atomic mass is 9.70. The molecule has 2 aromatic carbocycles. The number of carbonyl (C=O) groups excluding carboxylic acids is 2. The number of fused-ring (bicyclic) bond motifs is 2. The predicted octanol–water partition coefficient (Wildman–Crippen LogP) is 1.91. The smallest absolute Gasteiger partial charge is 0.318 e. The number of rotatable bonds is 5. The second-order valence-corrected chi connectivity index (χ2v) is 8.39. The van der Waals surface area contributed by atoms with Gasteiger partial charge in [-0.1, -0.05) is 12.1 Å². The molecule has 1 aliphatic rings. The third-order valence-electron chi connectivity index (χ3n) is 5.98. The molecule has 0 fully saturated rings. The van der Waals surface area contributed by atoms with Crippen molar-refractivity contribution in [3.05, 3.63) is 69.8 Å². The fraction of sp³-hybridized carbons (Fsp3) is 0.375. The van der Waals surface area contributed by atoms with E-state index in [0.717, 1.165) is 11.1 Å². The van der Waals surface area contributed by atoms with Gasteiger partial charge in [0.1, 0.15) is 5.41 Å². The normalized spacial score (nSPS) is 14.1. The summed E-state index contributed by atoms with van der Waals surface area (Å²) in [6, 6.07) is 10.5. The molecule has 0 heterocycles. The summed E-state index contributed by atoms with van der Waals surface area (Å²) < 4.78 is 0. The van der Waals surface area contributed by atoms with Gasteiger partial charge in [0.25, 0.3) is 11.8 Å². The second kappa shape index (κ2) is 8.51. The van der Waals surface area contributed by atoms with Crippen molar-refractivity contribution in [1.82, 2.24) is 9.80 Å². The maximum absolute atomic E-state index is 12.8. The van der Waals surface area contributed by atoms with Gasteiger partial charge in [-0.05, 0) is 72.3 Å². The van der Waals surface area contributed by atoms with Crippen LogP contribution < -0.4 is 5.73 Å². The Morgan fingerprint density at radius 2 is 1.29 bits per heavy atom. The second-order valence-electron chi connectivity index (χ2n) is 8.39. The number of nitrogens with zero attached hydrogens (tertiary/aromatic N) is 2. The highest BCUT2D eigenvalue weighted by atomic mass is 16.4. The fourth-order valence-corrected chi connectivity index (χ4v) is 4.45. The highest BCUT2D eigenvalue weighted by molar-refractivity contribution is 5.96. The SMILES string of the molecule is CN(C)C(=O)c1ccc2c(c1)CCc1cc(C(=O)N(C)C)ccc1C2(CCN)C(=O)O. The van der Waals surface area contributed by atoms with Gasteiger partial charge in [-0.3, -0.25) is 14.4 Å². The van der Waals surface area contributed by atoms with Crippen molar-refractivity contribution >= 4 is 17.8 Å². The molecule has 7 heteroatoms. The Morgan fingerprint density at radius 3 is 1.61 bits per heavy atom. The molecule has 0 saturated carbocycles. The molecule has 1 aliphatic carbocycles. The molecule has 0 unspecified atom stereocenters. The minimum absolute atomic E-state index is 0.136. The number of hydrogen-bond donors (Lipinski definition) is 2. The van der Waals surface area contributed by atoms with E-state index in [4.69, 9.17) is 5.73 Å². The first-order valence-corrected chi connectivity index (χ1v) is 10.3. The first-order valence-electron chi connectivity index (χ1n) is 10.3. The summed E-state index contributed by atoms with van der Waals surface area (Å²) in [7, 11) is 6.73. The zero-order valence-corrected chi connectivity index (χ0v) is 18.4. The number of carbonyl (C=O) groups is 3. The van der Waals surface area contributed by atoms with Gasteiger partial charge in [0.2, 0.25) is 0 Å². The van der Waals surface area contributed by atoms with Gasteiger partial charge < -0.3 is 20.6 Å². The number of carboxylic acids is 1. The molecule has 0 bridgehead atoms. The lowest BCUT2D eigenvalue weighted by Gasteiger charge is -2.32. The minimum Gasteiger partial charge on any atom is -0.480 e. The number of aryl methyl sites for hydroxylation is 2. The number of amides is 2. The number of carboxylic acid groups (broad SMARTS) is 1. The van der Waals surface area contributed by atoms with Crippen molar-refractivity contribution in [1.29, 1.82) is 0 Å². The van der Waals surface area contributed by atoms with Gasteiger partial charge in [-0.2, -0.15) is 0 Å². The fourth-order valence-electron chi connectivity index (χ4n) is 4.45. The molecule has 0 aromatic heterocycles. The van der Waals surface area contributed by atoms with Crippen LogP contribution in [0.1, 0.15) is 49.4 Å². The topological polar surface area (TPSA) is 104 Å². The van der Waals surface area contributed by atoms with Crippen LogP contribution in [-0.4, -0.2) is 67.4 Å². The van der Waals surface area contributed by atoms with E-state index in [1.165, 1.54) is 9.80 Å². The van der Waals surface area contributed by atoms with Crippen molar-refractivity contribution in [3.63, 3.8) is 0 Å². The van der Waals surface area contributed by atoms with Gasteiger partial charge in [0.05, 0.1) is 0 Å². The largest absolute Gasteiger partial charge is 0.480 e. The van der Waals surface area contributed by atoms with Crippen LogP contribution in [0, 0.1) is 0 Å². The highest BCUT2D eigenvalue weighted by Gasteiger charge is 2.45. The molecular formula is C24H29N3O4. The molecule has 0 spiro atoms. The maximum atomic E-state index is 12.8. The summed E-state index contributed by atoms with van der Waals surface area (Å²) in [6.45, 7) is 0.182. The van der Waals surface area contributed by atoms with Crippen molar-refractivity contribution in [2.24, 2.45) is 5.73 Å². The molecular weight excluding hydrogens is 394 g/mol. The summed E-state index contributed by atoms with van der Waals surface area (Å²) in [6.07, 6.45) is 1.34. The first kappa shape index (κ1) is 22.5.